The molecule has 152 valence electrons. The van der Waals surface area contributed by atoms with Crippen LogP contribution in [0.4, 0.5) is 11.6 Å². The van der Waals surface area contributed by atoms with Gasteiger partial charge in [-0.25, -0.2) is 9.97 Å². The number of anilines is 2. The van der Waals surface area contributed by atoms with Gasteiger partial charge in [0.2, 0.25) is 0 Å². The molecule has 0 fully saturated rings. The number of ether oxygens (including phenoxy) is 2. The average Bonchev–Trinajstić information content (AvgIpc) is 2.64. The number of carbonyl (C=O) groups excluding carboxylic acids is 1. The first-order valence-electron chi connectivity index (χ1n) is 7.87. The molecule has 0 saturated carbocycles. The molecule has 0 bridgehead atoms. The number of guanidine groups is 1. The van der Waals surface area contributed by atoms with Crippen LogP contribution in [0.2, 0.25) is 5.15 Å². The minimum Gasteiger partial charge on any atom is -0.497 e. The number of methoxy groups -OCH3 is 1. The van der Waals surface area contributed by atoms with Crippen LogP contribution in [0.1, 0.15) is 16.9 Å². The second kappa shape index (κ2) is 11.0. The van der Waals surface area contributed by atoms with Gasteiger partial charge in [-0.3, -0.25) is 15.1 Å². The molecule has 0 unspecified atom stereocenters. The second-order valence-corrected chi connectivity index (χ2v) is 5.59. The Morgan fingerprint density at radius 1 is 1.18 bits per heavy atom. The van der Waals surface area contributed by atoms with Gasteiger partial charge in [0.25, 0.3) is 5.91 Å². The predicted octanol–water partition coefficient (Wildman–Crippen LogP) is 1.24. The summed E-state index contributed by atoms with van der Waals surface area (Å²) in [4.78, 5) is 23.6. The smallest absolute Gasteiger partial charge is 0.280 e. The van der Waals surface area contributed by atoms with Crippen molar-refractivity contribution in [2.75, 3.05) is 31.7 Å². The molecule has 1 aromatic carbocycles. The van der Waals surface area contributed by atoms with Crippen LogP contribution >= 0.6 is 24.0 Å². The number of nitrogen functional groups attached to an aromatic ring is 2. The van der Waals surface area contributed by atoms with Crippen molar-refractivity contribution in [3.05, 3.63) is 35.1 Å². The van der Waals surface area contributed by atoms with E-state index in [-0.39, 0.29) is 40.8 Å². The highest BCUT2D eigenvalue weighted by molar-refractivity contribution is 6.31. The normalized spacial score (nSPS) is 10.7. The Kier molecular flexibility index (Phi) is 9.06. The molecular weight excluding hydrogens is 409 g/mol. The molecule has 0 aliphatic rings. The van der Waals surface area contributed by atoms with E-state index in [9.17, 15) is 4.79 Å². The van der Waals surface area contributed by atoms with Crippen LogP contribution in [0.3, 0.4) is 0 Å². The van der Waals surface area contributed by atoms with Crippen molar-refractivity contribution in [1.29, 1.82) is 0 Å². The van der Waals surface area contributed by atoms with E-state index in [0.717, 1.165) is 11.5 Å². The van der Waals surface area contributed by atoms with Gasteiger partial charge < -0.3 is 26.7 Å². The van der Waals surface area contributed by atoms with Gasteiger partial charge in [-0.05, 0) is 24.3 Å². The molecule has 0 spiro atoms. The summed E-state index contributed by atoms with van der Waals surface area (Å²) in [7, 11) is 1.60. The Morgan fingerprint density at radius 3 is 2.46 bits per heavy atom. The van der Waals surface area contributed by atoms with E-state index in [4.69, 9.17) is 38.3 Å². The molecule has 1 amide bonds. The third kappa shape index (κ3) is 6.63. The van der Waals surface area contributed by atoms with Gasteiger partial charge in [-0.1, -0.05) is 11.6 Å². The fraction of sp³-hybridized carbons (Fsp3) is 0.250. The zero-order chi connectivity index (χ0) is 19.8. The predicted molar refractivity (Wildman–Crippen MR) is 110 cm³/mol. The van der Waals surface area contributed by atoms with Gasteiger partial charge in [0.15, 0.2) is 28.4 Å². The molecule has 0 saturated heterocycles. The molecule has 10 nitrogen and oxygen atoms in total. The number of halogens is 2. The molecule has 2 aromatic rings. The standard InChI is InChI=1S/C16H20ClN7O3.ClH/c1-26-9-3-5-10(6-4-9)27-8-2-7-21-16(20)24-15(25)11-13(18)23-14(19)12(17)22-11;/h3-6H,2,7-8H2,1H3,(H4,18,19,23)(H3,20,21,24,25);1H. The lowest BCUT2D eigenvalue weighted by Crippen LogP contribution is -2.38. The maximum absolute atomic E-state index is 12.1. The van der Waals surface area contributed by atoms with E-state index < -0.39 is 5.91 Å². The summed E-state index contributed by atoms with van der Waals surface area (Å²) in [6, 6.07) is 7.22. The number of hydrogen-bond donors (Lipinski definition) is 4. The van der Waals surface area contributed by atoms with Crippen LogP contribution in [0.25, 0.3) is 0 Å². The number of benzene rings is 1. The second-order valence-electron chi connectivity index (χ2n) is 5.23. The number of aromatic nitrogens is 2. The molecular formula is C16H21Cl2N7O3. The van der Waals surface area contributed by atoms with E-state index in [2.05, 4.69) is 20.3 Å². The summed E-state index contributed by atoms with van der Waals surface area (Å²) < 4.78 is 10.6. The van der Waals surface area contributed by atoms with Crippen LogP contribution in [-0.2, 0) is 0 Å². The summed E-state index contributed by atoms with van der Waals surface area (Å²) in [5, 5.41) is 2.23. The third-order valence-corrected chi connectivity index (χ3v) is 3.55. The van der Waals surface area contributed by atoms with E-state index in [1.54, 1.807) is 31.4 Å². The SMILES string of the molecule is COc1ccc(OCCCN=C(N)NC(=O)c2nc(Cl)c(N)nc2N)cc1.Cl. The van der Waals surface area contributed by atoms with E-state index in [0.29, 0.717) is 19.6 Å². The monoisotopic (exact) mass is 429 g/mol. The van der Waals surface area contributed by atoms with Crippen LogP contribution in [0.5, 0.6) is 11.5 Å². The lowest BCUT2D eigenvalue weighted by Gasteiger charge is -2.08. The van der Waals surface area contributed by atoms with Crippen molar-refractivity contribution in [3.63, 3.8) is 0 Å². The highest BCUT2D eigenvalue weighted by Gasteiger charge is 2.16. The maximum Gasteiger partial charge on any atom is 0.280 e. The molecule has 1 aromatic heterocycles. The number of carbonyl (C=O) groups is 1. The third-order valence-electron chi connectivity index (χ3n) is 3.27. The molecule has 0 atom stereocenters. The van der Waals surface area contributed by atoms with E-state index in [1.165, 1.54) is 0 Å². The Labute approximate surface area is 172 Å². The minimum atomic E-state index is -0.683. The molecule has 12 heteroatoms. The Morgan fingerprint density at radius 2 is 1.82 bits per heavy atom. The molecule has 0 radical (unpaired) electrons. The summed E-state index contributed by atoms with van der Waals surface area (Å²) >= 11 is 5.74. The van der Waals surface area contributed by atoms with E-state index >= 15 is 0 Å². The van der Waals surface area contributed by atoms with Crippen LogP contribution in [0, 0.1) is 0 Å². The number of nitrogens with zero attached hydrogens (tertiary/aromatic N) is 3. The van der Waals surface area contributed by atoms with Crippen molar-refractivity contribution < 1.29 is 14.3 Å². The van der Waals surface area contributed by atoms with Crippen molar-refractivity contribution in [2.24, 2.45) is 10.7 Å². The average molecular weight is 430 g/mol. The zero-order valence-electron chi connectivity index (χ0n) is 15.0. The topological polar surface area (TPSA) is 164 Å². The fourth-order valence-corrected chi connectivity index (χ4v) is 2.08. The van der Waals surface area contributed by atoms with Crippen molar-refractivity contribution in [3.8, 4) is 11.5 Å². The van der Waals surface area contributed by atoms with Crippen LogP contribution in [-0.4, -0.2) is 42.1 Å². The molecule has 28 heavy (non-hydrogen) atoms. The number of aliphatic imine (C=N–C) groups is 1. The summed E-state index contributed by atoms with van der Waals surface area (Å²) in [6.07, 6.45) is 0.595. The summed E-state index contributed by atoms with van der Waals surface area (Å²) in [5.74, 6) is 0.481. The lowest BCUT2D eigenvalue weighted by molar-refractivity contribution is 0.0972. The first-order chi connectivity index (χ1) is 12.9. The Hall–Kier alpha value is -2.98. The van der Waals surface area contributed by atoms with Gasteiger partial charge in [0.05, 0.1) is 13.7 Å². The van der Waals surface area contributed by atoms with Gasteiger partial charge in [0.1, 0.15) is 11.5 Å². The molecule has 0 aliphatic heterocycles. The van der Waals surface area contributed by atoms with Crippen LogP contribution in [0.15, 0.2) is 29.3 Å². The fourth-order valence-electron chi connectivity index (χ4n) is 1.95. The van der Waals surface area contributed by atoms with Gasteiger partial charge in [-0.15, -0.1) is 12.4 Å². The minimum absolute atomic E-state index is 0. The molecule has 1 heterocycles. The largest absolute Gasteiger partial charge is 0.497 e. The molecule has 0 aliphatic carbocycles. The van der Waals surface area contributed by atoms with Gasteiger partial charge in [0, 0.05) is 13.0 Å². The van der Waals surface area contributed by atoms with Gasteiger partial charge in [-0.2, -0.15) is 0 Å². The van der Waals surface area contributed by atoms with Crippen molar-refractivity contribution >= 4 is 47.5 Å². The first kappa shape index (κ1) is 23.1. The quantitative estimate of drug-likeness (QED) is 0.289. The first-order valence-corrected chi connectivity index (χ1v) is 8.25. The summed E-state index contributed by atoms with van der Waals surface area (Å²) in [5.41, 5.74) is 16.5. The highest BCUT2D eigenvalue weighted by Crippen LogP contribution is 2.18. The summed E-state index contributed by atoms with van der Waals surface area (Å²) in [6.45, 7) is 0.787. The molecule has 7 N–H and O–H groups in total. The van der Waals surface area contributed by atoms with Crippen molar-refractivity contribution in [2.45, 2.75) is 6.42 Å². The van der Waals surface area contributed by atoms with Crippen molar-refractivity contribution in [1.82, 2.24) is 15.3 Å². The number of rotatable bonds is 7. The number of nitrogens with two attached hydrogens (primary N) is 3. The lowest BCUT2D eigenvalue weighted by atomic mass is 10.3. The van der Waals surface area contributed by atoms with Crippen LogP contribution < -0.4 is 32.0 Å². The Balaban J connectivity index is 0.00000392. The number of amides is 1. The van der Waals surface area contributed by atoms with E-state index in [1.807, 2.05) is 0 Å². The Bertz CT molecular complexity index is 832. The number of hydrogen-bond acceptors (Lipinski definition) is 8. The van der Waals surface area contributed by atoms with Gasteiger partial charge >= 0.3 is 0 Å². The zero-order valence-corrected chi connectivity index (χ0v) is 16.6. The molecule has 2 rings (SSSR count). The highest BCUT2D eigenvalue weighted by atomic mass is 35.5. The number of nitrogens with one attached hydrogen (secondary N) is 1. The maximum atomic E-state index is 12.1.